The first kappa shape index (κ1) is 10.2. The van der Waals surface area contributed by atoms with Crippen LogP contribution in [0.15, 0.2) is 41.2 Å². The van der Waals surface area contributed by atoms with Gasteiger partial charge in [0.25, 0.3) is 0 Å². The lowest BCUT2D eigenvalue weighted by Crippen LogP contribution is -1.83. The van der Waals surface area contributed by atoms with Crippen LogP contribution in [0.1, 0.15) is 5.01 Å². The van der Waals surface area contributed by atoms with Crippen LogP contribution in [0.25, 0.3) is 22.0 Å². The molecule has 0 radical (unpaired) electrons. The number of nitrogens with zero attached hydrogens (tertiary/aromatic N) is 3. The molecule has 0 fully saturated rings. The van der Waals surface area contributed by atoms with Gasteiger partial charge >= 0.3 is 0 Å². The topological polar surface area (TPSA) is 51.8 Å². The van der Waals surface area contributed by atoms with Gasteiger partial charge in [-0.25, -0.2) is 4.98 Å². The van der Waals surface area contributed by atoms with Crippen LogP contribution in [-0.2, 0) is 0 Å². The second-order valence-electron chi connectivity index (χ2n) is 3.53. The molecular weight excluding hydrogens is 234 g/mol. The molecule has 0 saturated carbocycles. The van der Waals surface area contributed by atoms with E-state index in [1.165, 1.54) is 6.39 Å². The molecule has 0 saturated heterocycles. The molecule has 2 heterocycles. The maximum atomic E-state index is 4.79. The lowest BCUT2D eigenvalue weighted by Gasteiger charge is -1.97. The largest absolute Gasteiger partial charge is 0.342 e. The average molecular weight is 243 g/mol. The van der Waals surface area contributed by atoms with Crippen molar-refractivity contribution in [3.63, 3.8) is 0 Å². The lowest BCUT2D eigenvalue weighted by atomic mass is 10.1. The summed E-state index contributed by atoms with van der Waals surface area (Å²) in [6, 6.07) is 10.0. The Morgan fingerprint density at radius 2 is 2.00 bits per heavy atom. The van der Waals surface area contributed by atoms with E-state index in [9.17, 15) is 0 Å². The van der Waals surface area contributed by atoms with Crippen molar-refractivity contribution >= 4 is 11.3 Å². The van der Waals surface area contributed by atoms with Crippen molar-refractivity contribution in [2.75, 3.05) is 0 Å². The standard InChI is InChI=1S/C12H9N3OS/c1-8-14-10(9-5-3-2-4-6-9)11(17-8)12-13-7-16-15-12/h2-7H,1H3. The Bertz CT molecular complexity index is 617. The van der Waals surface area contributed by atoms with Crippen LogP contribution in [0.3, 0.4) is 0 Å². The number of thiazole rings is 1. The van der Waals surface area contributed by atoms with Crippen molar-refractivity contribution in [2.24, 2.45) is 0 Å². The second-order valence-corrected chi connectivity index (χ2v) is 4.73. The van der Waals surface area contributed by atoms with E-state index >= 15 is 0 Å². The Labute approximate surface area is 102 Å². The van der Waals surface area contributed by atoms with Gasteiger partial charge in [0.1, 0.15) is 4.88 Å². The Morgan fingerprint density at radius 3 is 2.71 bits per heavy atom. The fraction of sp³-hybridized carbons (Fsp3) is 0.0833. The molecule has 0 spiro atoms. The third kappa shape index (κ3) is 1.85. The zero-order chi connectivity index (χ0) is 11.7. The normalized spacial score (nSPS) is 10.6. The van der Waals surface area contributed by atoms with Gasteiger partial charge in [0.2, 0.25) is 12.2 Å². The molecule has 0 amide bonds. The molecular formula is C12H9N3OS. The fourth-order valence-corrected chi connectivity index (χ4v) is 2.51. The fourth-order valence-electron chi connectivity index (χ4n) is 1.64. The minimum atomic E-state index is 0.592. The number of rotatable bonds is 2. The van der Waals surface area contributed by atoms with Gasteiger partial charge in [-0.05, 0) is 6.92 Å². The number of hydrogen-bond donors (Lipinski definition) is 0. The van der Waals surface area contributed by atoms with Crippen molar-refractivity contribution in [1.29, 1.82) is 0 Å². The first-order valence-corrected chi connectivity index (χ1v) is 5.96. The van der Waals surface area contributed by atoms with Gasteiger partial charge in [-0.15, -0.1) is 11.3 Å². The molecule has 0 aliphatic heterocycles. The predicted molar refractivity (Wildman–Crippen MR) is 65.6 cm³/mol. The highest BCUT2D eigenvalue weighted by Crippen LogP contribution is 2.34. The summed E-state index contributed by atoms with van der Waals surface area (Å²) < 4.78 is 4.79. The van der Waals surface area contributed by atoms with E-state index < -0.39 is 0 Å². The second kappa shape index (κ2) is 4.10. The lowest BCUT2D eigenvalue weighted by molar-refractivity contribution is 0.419. The molecule has 0 N–H and O–H groups in total. The van der Waals surface area contributed by atoms with Crippen molar-refractivity contribution in [2.45, 2.75) is 6.92 Å². The summed E-state index contributed by atoms with van der Waals surface area (Å²) in [5.41, 5.74) is 1.98. The minimum absolute atomic E-state index is 0.592. The highest BCUT2D eigenvalue weighted by Gasteiger charge is 2.16. The van der Waals surface area contributed by atoms with Crippen LogP contribution in [0, 0.1) is 6.92 Å². The summed E-state index contributed by atoms with van der Waals surface area (Å²) in [4.78, 5) is 9.56. The predicted octanol–water partition coefficient (Wildman–Crippen LogP) is 3.17. The summed E-state index contributed by atoms with van der Waals surface area (Å²) in [6.07, 6.45) is 1.33. The molecule has 2 aromatic heterocycles. The van der Waals surface area contributed by atoms with E-state index in [0.29, 0.717) is 5.82 Å². The number of aryl methyl sites for hydroxylation is 1. The average Bonchev–Trinajstić information content (AvgIpc) is 2.98. The number of hydrogen-bond acceptors (Lipinski definition) is 5. The first-order chi connectivity index (χ1) is 8.34. The zero-order valence-corrected chi connectivity index (χ0v) is 9.94. The van der Waals surface area contributed by atoms with Gasteiger partial charge < -0.3 is 4.52 Å². The monoisotopic (exact) mass is 243 g/mol. The highest BCUT2D eigenvalue weighted by molar-refractivity contribution is 7.15. The maximum absolute atomic E-state index is 4.79. The molecule has 0 unspecified atom stereocenters. The third-order valence-electron chi connectivity index (χ3n) is 2.35. The molecule has 17 heavy (non-hydrogen) atoms. The van der Waals surface area contributed by atoms with Gasteiger partial charge in [-0.2, -0.15) is 4.98 Å². The van der Waals surface area contributed by atoms with E-state index in [1.807, 2.05) is 37.3 Å². The summed E-state index contributed by atoms with van der Waals surface area (Å²) in [7, 11) is 0. The number of benzene rings is 1. The van der Waals surface area contributed by atoms with Crippen molar-refractivity contribution in [1.82, 2.24) is 15.1 Å². The van der Waals surface area contributed by atoms with Crippen molar-refractivity contribution in [3.8, 4) is 22.0 Å². The Balaban J connectivity index is 2.18. The molecule has 0 aliphatic rings. The Hall–Kier alpha value is -2.01. The zero-order valence-electron chi connectivity index (χ0n) is 9.12. The van der Waals surface area contributed by atoms with E-state index in [-0.39, 0.29) is 0 Å². The van der Waals surface area contributed by atoms with Crippen LogP contribution < -0.4 is 0 Å². The SMILES string of the molecule is Cc1nc(-c2ccccc2)c(-c2ncon2)s1. The Kier molecular flexibility index (Phi) is 2.45. The summed E-state index contributed by atoms with van der Waals surface area (Å²) >= 11 is 1.57. The molecule has 84 valence electrons. The first-order valence-electron chi connectivity index (χ1n) is 5.14. The van der Waals surface area contributed by atoms with Crippen molar-refractivity contribution in [3.05, 3.63) is 41.7 Å². The maximum Gasteiger partial charge on any atom is 0.214 e. The quantitative estimate of drug-likeness (QED) is 0.693. The summed E-state index contributed by atoms with van der Waals surface area (Å²) in [5.74, 6) is 0.592. The minimum Gasteiger partial charge on any atom is -0.342 e. The van der Waals surface area contributed by atoms with Gasteiger partial charge in [0.15, 0.2) is 0 Å². The highest BCUT2D eigenvalue weighted by atomic mass is 32.1. The van der Waals surface area contributed by atoms with Crippen molar-refractivity contribution < 1.29 is 4.52 Å². The van der Waals surface area contributed by atoms with Crippen LogP contribution >= 0.6 is 11.3 Å². The van der Waals surface area contributed by atoms with Crippen LogP contribution in [0.5, 0.6) is 0 Å². The van der Waals surface area contributed by atoms with Gasteiger partial charge in [-0.1, -0.05) is 35.5 Å². The molecule has 5 heteroatoms. The Morgan fingerprint density at radius 1 is 1.18 bits per heavy atom. The van der Waals surface area contributed by atoms with Crippen LogP contribution in [-0.4, -0.2) is 15.1 Å². The number of aromatic nitrogens is 3. The molecule has 0 aliphatic carbocycles. The smallest absolute Gasteiger partial charge is 0.214 e. The van der Waals surface area contributed by atoms with Gasteiger partial charge in [0.05, 0.1) is 10.7 Å². The van der Waals surface area contributed by atoms with E-state index in [2.05, 4.69) is 15.1 Å². The van der Waals surface area contributed by atoms with E-state index in [4.69, 9.17) is 4.52 Å². The summed E-state index contributed by atoms with van der Waals surface area (Å²) in [6.45, 7) is 1.97. The van der Waals surface area contributed by atoms with Gasteiger partial charge in [0, 0.05) is 5.56 Å². The van der Waals surface area contributed by atoms with Crippen LogP contribution in [0.4, 0.5) is 0 Å². The molecule has 3 rings (SSSR count). The summed E-state index contributed by atoms with van der Waals surface area (Å²) in [5, 5.41) is 4.86. The molecule has 0 atom stereocenters. The third-order valence-corrected chi connectivity index (χ3v) is 3.31. The molecule has 4 nitrogen and oxygen atoms in total. The molecule has 1 aromatic carbocycles. The van der Waals surface area contributed by atoms with Crippen LogP contribution in [0.2, 0.25) is 0 Å². The van der Waals surface area contributed by atoms with Gasteiger partial charge in [-0.3, -0.25) is 0 Å². The van der Waals surface area contributed by atoms with E-state index in [1.54, 1.807) is 11.3 Å². The molecule has 0 bridgehead atoms. The van der Waals surface area contributed by atoms with E-state index in [0.717, 1.165) is 21.1 Å². The molecule has 3 aromatic rings.